The van der Waals surface area contributed by atoms with Crippen LogP contribution >= 0.6 is 0 Å². The van der Waals surface area contributed by atoms with Crippen molar-refractivity contribution >= 4 is 5.91 Å². The lowest BCUT2D eigenvalue weighted by Gasteiger charge is -2.39. The van der Waals surface area contributed by atoms with Crippen molar-refractivity contribution in [3.63, 3.8) is 0 Å². The number of rotatable bonds is 7. The Kier molecular flexibility index (Phi) is 7.14. The first-order chi connectivity index (χ1) is 16.1. The molecule has 9 nitrogen and oxygen atoms in total. The zero-order valence-corrected chi connectivity index (χ0v) is 22.0. The van der Waals surface area contributed by atoms with Crippen LogP contribution in [-0.4, -0.2) is 80.9 Å². The highest BCUT2D eigenvalue weighted by Gasteiger charge is 2.48. The second-order valence-electron chi connectivity index (χ2n) is 10.8. The molecule has 1 amide bonds. The third-order valence-electron chi connectivity index (χ3n) is 7.81. The maximum Gasteiger partial charge on any atom is 0.236 e. The molecule has 188 valence electrons. The number of hydrogen-bond acceptors (Lipinski definition) is 7. The minimum Gasteiger partial charge on any atom is -0.423 e. The number of piperidine rings is 1. The van der Waals surface area contributed by atoms with Crippen LogP contribution in [0.2, 0.25) is 0 Å². The van der Waals surface area contributed by atoms with Gasteiger partial charge in [0.25, 0.3) is 0 Å². The lowest BCUT2D eigenvalue weighted by atomic mass is 9.76. The van der Waals surface area contributed by atoms with Crippen LogP contribution in [-0.2, 0) is 17.9 Å². The Balaban J connectivity index is 1.47. The SMILES string of the molecule is CCn1nc(C)c(CN2CCC3(CC2)CC(c2nnc(C(C)C)o2)N(CC(=O)N(C)C)C3)c1C. The topological polar surface area (TPSA) is 83.5 Å². The molecule has 0 aliphatic carbocycles. The van der Waals surface area contributed by atoms with Crippen molar-refractivity contribution in [1.29, 1.82) is 0 Å². The number of aryl methyl sites for hydroxylation is 2. The zero-order chi connectivity index (χ0) is 24.6. The van der Waals surface area contributed by atoms with Crippen LogP contribution in [0.4, 0.5) is 0 Å². The van der Waals surface area contributed by atoms with E-state index in [0.717, 1.165) is 57.7 Å². The van der Waals surface area contributed by atoms with E-state index in [2.05, 4.69) is 59.3 Å². The van der Waals surface area contributed by atoms with Crippen molar-refractivity contribution in [2.75, 3.05) is 40.3 Å². The normalized spacial score (nSPS) is 21.1. The highest BCUT2D eigenvalue weighted by Crippen LogP contribution is 2.49. The molecule has 2 aliphatic rings. The Morgan fingerprint density at radius 1 is 1.21 bits per heavy atom. The van der Waals surface area contributed by atoms with E-state index in [0.29, 0.717) is 18.3 Å². The summed E-state index contributed by atoms with van der Waals surface area (Å²) in [4.78, 5) is 19.1. The van der Waals surface area contributed by atoms with Crippen molar-refractivity contribution < 1.29 is 9.21 Å². The van der Waals surface area contributed by atoms with Gasteiger partial charge in [0.15, 0.2) is 0 Å². The molecule has 2 fully saturated rings. The molecule has 0 bridgehead atoms. The lowest BCUT2D eigenvalue weighted by molar-refractivity contribution is -0.130. The Morgan fingerprint density at radius 2 is 1.91 bits per heavy atom. The molecule has 0 radical (unpaired) electrons. The average molecular weight is 472 g/mol. The molecule has 0 N–H and O–H groups in total. The molecule has 4 rings (SSSR count). The highest BCUT2D eigenvalue weighted by atomic mass is 16.4. The molecule has 4 heterocycles. The summed E-state index contributed by atoms with van der Waals surface area (Å²) < 4.78 is 8.17. The summed E-state index contributed by atoms with van der Waals surface area (Å²) in [6.45, 7) is 15.8. The molecule has 0 aromatic carbocycles. The van der Waals surface area contributed by atoms with Crippen molar-refractivity contribution in [3.8, 4) is 0 Å². The number of likely N-dealkylation sites (N-methyl/N-ethyl adjacent to an activating group) is 1. The third-order valence-corrected chi connectivity index (χ3v) is 7.81. The first-order valence-corrected chi connectivity index (χ1v) is 12.6. The number of amides is 1. The van der Waals surface area contributed by atoms with Crippen LogP contribution in [0.25, 0.3) is 0 Å². The van der Waals surface area contributed by atoms with Crippen molar-refractivity contribution in [1.82, 2.24) is 34.7 Å². The summed E-state index contributed by atoms with van der Waals surface area (Å²) >= 11 is 0. The Labute approximate surface area is 203 Å². The van der Waals surface area contributed by atoms with Gasteiger partial charge >= 0.3 is 0 Å². The molecule has 2 aliphatic heterocycles. The van der Waals surface area contributed by atoms with Gasteiger partial charge in [0.1, 0.15) is 0 Å². The van der Waals surface area contributed by atoms with Crippen LogP contribution in [0, 0.1) is 19.3 Å². The van der Waals surface area contributed by atoms with Gasteiger partial charge in [-0.25, -0.2) is 0 Å². The van der Waals surface area contributed by atoms with E-state index in [1.165, 1.54) is 11.3 Å². The maximum absolute atomic E-state index is 12.6. The molecule has 34 heavy (non-hydrogen) atoms. The molecule has 1 unspecified atom stereocenters. The Morgan fingerprint density at radius 3 is 2.47 bits per heavy atom. The molecule has 2 saturated heterocycles. The van der Waals surface area contributed by atoms with E-state index >= 15 is 0 Å². The molecule has 2 aromatic heterocycles. The van der Waals surface area contributed by atoms with Crippen LogP contribution in [0.3, 0.4) is 0 Å². The van der Waals surface area contributed by atoms with E-state index in [9.17, 15) is 4.79 Å². The monoisotopic (exact) mass is 471 g/mol. The lowest BCUT2D eigenvalue weighted by Crippen LogP contribution is -2.42. The van der Waals surface area contributed by atoms with Crippen LogP contribution in [0.15, 0.2) is 4.42 Å². The molecule has 9 heteroatoms. The predicted molar refractivity (Wildman–Crippen MR) is 130 cm³/mol. The predicted octanol–water partition coefficient (Wildman–Crippen LogP) is 3.14. The number of nitrogens with zero attached hydrogens (tertiary/aromatic N) is 7. The van der Waals surface area contributed by atoms with E-state index in [1.807, 2.05) is 14.1 Å². The second kappa shape index (κ2) is 9.77. The number of carbonyl (C=O) groups excluding carboxylic acids is 1. The smallest absolute Gasteiger partial charge is 0.236 e. The maximum atomic E-state index is 12.6. The fraction of sp³-hybridized carbons (Fsp3) is 0.760. The minimum atomic E-state index is 0.00252. The summed E-state index contributed by atoms with van der Waals surface area (Å²) in [5.41, 5.74) is 3.98. The third kappa shape index (κ3) is 4.91. The van der Waals surface area contributed by atoms with Crippen LogP contribution in [0.5, 0.6) is 0 Å². The molecule has 1 atom stereocenters. The van der Waals surface area contributed by atoms with E-state index in [-0.39, 0.29) is 23.3 Å². The summed E-state index contributed by atoms with van der Waals surface area (Å²) in [5, 5.41) is 13.4. The van der Waals surface area contributed by atoms with Crippen molar-refractivity contribution in [2.24, 2.45) is 5.41 Å². The number of carbonyl (C=O) groups is 1. The summed E-state index contributed by atoms with van der Waals surface area (Å²) in [5.74, 6) is 1.64. The van der Waals surface area contributed by atoms with Gasteiger partial charge in [-0.1, -0.05) is 13.8 Å². The van der Waals surface area contributed by atoms with Gasteiger partial charge in [0, 0.05) is 50.9 Å². The quantitative estimate of drug-likeness (QED) is 0.613. The Bertz CT molecular complexity index is 1000. The Hall–Kier alpha value is -2.26. The first-order valence-electron chi connectivity index (χ1n) is 12.6. The zero-order valence-electron chi connectivity index (χ0n) is 22.0. The average Bonchev–Trinajstić information content (AvgIpc) is 3.48. The first kappa shape index (κ1) is 24.9. The minimum absolute atomic E-state index is 0.00252. The molecule has 0 saturated carbocycles. The van der Waals surface area contributed by atoms with E-state index in [4.69, 9.17) is 9.52 Å². The van der Waals surface area contributed by atoms with Gasteiger partial charge in [-0.3, -0.25) is 19.3 Å². The standard InChI is InChI=1S/C25H41N7O2/c1-8-32-19(5)20(18(4)28-32)14-30-11-9-25(10-12-30)13-21(24-27-26-23(34-24)17(2)3)31(16-25)15-22(33)29(6)7/h17,21H,8-16H2,1-7H3. The van der Waals surface area contributed by atoms with Crippen molar-refractivity contribution in [2.45, 2.75) is 78.9 Å². The molecular formula is C25H41N7O2. The van der Waals surface area contributed by atoms with Gasteiger partial charge in [-0.2, -0.15) is 5.10 Å². The van der Waals surface area contributed by atoms with Gasteiger partial charge in [-0.05, 0) is 58.5 Å². The van der Waals surface area contributed by atoms with Crippen molar-refractivity contribution in [3.05, 3.63) is 28.7 Å². The van der Waals surface area contributed by atoms with Gasteiger partial charge < -0.3 is 9.32 Å². The largest absolute Gasteiger partial charge is 0.423 e. The summed E-state index contributed by atoms with van der Waals surface area (Å²) in [6.07, 6.45) is 3.19. The molecular weight excluding hydrogens is 430 g/mol. The highest BCUT2D eigenvalue weighted by molar-refractivity contribution is 5.77. The number of likely N-dealkylation sites (tertiary alicyclic amines) is 2. The number of hydrogen-bond donors (Lipinski definition) is 0. The fourth-order valence-corrected chi connectivity index (χ4v) is 5.53. The fourth-order valence-electron chi connectivity index (χ4n) is 5.53. The molecule has 1 spiro atoms. The van der Waals surface area contributed by atoms with Crippen LogP contribution in [0.1, 0.15) is 80.7 Å². The van der Waals surface area contributed by atoms with E-state index < -0.39 is 0 Å². The van der Waals surface area contributed by atoms with Gasteiger partial charge in [0.2, 0.25) is 17.7 Å². The van der Waals surface area contributed by atoms with Gasteiger partial charge in [0.05, 0.1) is 18.3 Å². The van der Waals surface area contributed by atoms with Crippen LogP contribution < -0.4 is 0 Å². The van der Waals surface area contributed by atoms with Gasteiger partial charge in [-0.15, -0.1) is 10.2 Å². The molecule has 2 aromatic rings. The summed E-state index contributed by atoms with van der Waals surface area (Å²) in [6, 6.07) is 0.00252. The van der Waals surface area contributed by atoms with E-state index in [1.54, 1.807) is 4.90 Å². The second-order valence-corrected chi connectivity index (χ2v) is 10.8. The number of aromatic nitrogens is 4. The summed E-state index contributed by atoms with van der Waals surface area (Å²) in [7, 11) is 3.63.